The van der Waals surface area contributed by atoms with Gasteiger partial charge in [-0.05, 0) is 24.3 Å². The third-order valence-electron chi connectivity index (χ3n) is 5.29. The summed E-state index contributed by atoms with van der Waals surface area (Å²) in [6, 6.07) is 19.4. The Bertz CT molecular complexity index is 1220. The smallest absolute Gasteiger partial charge is 0.322 e. The lowest BCUT2D eigenvalue weighted by Crippen LogP contribution is -2.50. The normalized spacial score (nSPS) is 14.1. The van der Waals surface area contributed by atoms with Crippen molar-refractivity contribution in [2.75, 3.05) is 36.4 Å². The number of halogens is 1. The topological polar surface area (TPSA) is 78.7 Å². The van der Waals surface area contributed by atoms with Gasteiger partial charge in [0.05, 0.1) is 5.69 Å². The highest BCUT2D eigenvalue weighted by molar-refractivity contribution is 5.89. The van der Waals surface area contributed by atoms with Gasteiger partial charge >= 0.3 is 6.03 Å². The van der Waals surface area contributed by atoms with E-state index in [9.17, 15) is 9.18 Å². The molecule has 4 aromatic rings. The van der Waals surface area contributed by atoms with Crippen LogP contribution in [-0.2, 0) is 0 Å². The Labute approximate surface area is 177 Å². The zero-order chi connectivity index (χ0) is 21.2. The Morgan fingerprint density at radius 2 is 1.61 bits per heavy atom. The summed E-state index contributed by atoms with van der Waals surface area (Å²) in [4.78, 5) is 16.3. The highest BCUT2D eigenvalue weighted by Crippen LogP contribution is 2.20. The van der Waals surface area contributed by atoms with E-state index in [1.54, 1.807) is 27.6 Å². The Balaban J connectivity index is 1.29. The summed E-state index contributed by atoms with van der Waals surface area (Å²) in [6.07, 6.45) is 0. The Morgan fingerprint density at radius 3 is 2.39 bits per heavy atom. The molecule has 156 valence electrons. The Kier molecular flexibility index (Phi) is 4.91. The minimum Gasteiger partial charge on any atom is -0.352 e. The van der Waals surface area contributed by atoms with Gasteiger partial charge in [-0.2, -0.15) is 4.52 Å². The van der Waals surface area contributed by atoms with Crippen LogP contribution in [0.3, 0.4) is 0 Å². The summed E-state index contributed by atoms with van der Waals surface area (Å²) in [6.45, 7) is 2.25. The first-order chi connectivity index (χ1) is 15.2. The molecule has 31 heavy (non-hydrogen) atoms. The number of hydrogen-bond acceptors (Lipinski definition) is 5. The molecule has 2 amide bonds. The standard InChI is InChI=1S/C22H20FN7O/c23-17-8-4-5-9-18(17)24-22(31)29-14-12-28(13-15-29)20-11-10-19-25-26-21(30(19)27-20)16-6-2-1-3-7-16/h1-11H,12-15H2,(H,24,31). The van der Waals surface area contributed by atoms with Crippen molar-refractivity contribution in [2.24, 2.45) is 0 Å². The van der Waals surface area contributed by atoms with Gasteiger partial charge in [0.1, 0.15) is 11.6 Å². The maximum absolute atomic E-state index is 13.8. The van der Waals surface area contributed by atoms with Gasteiger partial charge in [-0.1, -0.05) is 42.5 Å². The summed E-state index contributed by atoms with van der Waals surface area (Å²) in [5, 5.41) is 15.8. The quantitative estimate of drug-likeness (QED) is 0.554. The van der Waals surface area contributed by atoms with Crippen LogP contribution in [-0.4, -0.2) is 56.9 Å². The SMILES string of the molecule is O=C(Nc1ccccc1F)N1CCN(c2ccc3nnc(-c4ccccc4)n3n2)CC1. The van der Waals surface area contributed by atoms with E-state index in [0.29, 0.717) is 37.7 Å². The molecule has 1 saturated heterocycles. The molecule has 0 radical (unpaired) electrons. The van der Waals surface area contributed by atoms with Crippen molar-refractivity contribution in [2.45, 2.75) is 0 Å². The van der Waals surface area contributed by atoms with Crippen molar-refractivity contribution in [1.29, 1.82) is 0 Å². The largest absolute Gasteiger partial charge is 0.352 e. The number of piperazine rings is 1. The van der Waals surface area contributed by atoms with E-state index in [0.717, 1.165) is 11.4 Å². The van der Waals surface area contributed by atoms with Crippen LogP contribution in [0.2, 0.25) is 0 Å². The minimum absolute atomic E-state index is 0.183. The van der Waals surface area contributed by atoms with Crippen LogP contribution in [0.4, 0.5) is 20.7 Å². The maximum Gasteiger partial charge on any atom is 0.322 e. The van der Waals surface area contributed by atoms with Gasteiger partial charge in [0.15, 0.2) is 11.5 Å². The van der Waals surface area contributed by atoms with Gasteiger partial charge < -0.3 is 15.1 Å². The van der Waals surface area contributed by atoms with Crippen molar-refractivity contribution < 1.29 is 9.18 Å². The lowest BCUT2D eigenvalue weighted by atomic mass is 10.2. The molecule has 0 spiro atoms. The molecule has 0 saturated carbocycles. The van der Waals surface area contributed by atoms with Crippen molar-refractivity contribution in [1.82, 2.24) is 24.7 Å². The van der Waals surface area contributed by atoms with E-state index in [-0.39, 0.29) is 11.7 Å². The predicted molar refractivity (Wildman–Crippen MR) is 115 cm³/mol. The van der Waals surface area contributed by atoms with Gasteiger partial charge in [0, 0.05) is 31.7 Å². The molecule has 9 heteroatoms. The Morgan fingerprint density at radius 1 is 0.871 bits per heavy atom. The highest BCUT2D eigenvalue weighted by atomic mass is 19.1. The van der Waals surface area contributed by atoms with Gasteiger partial charge in [0.2, 0.25) is 0 Å². The van der Waals surface area contributed by atoms with E-state index < -0.39 is 5.82 Å². The molecule has 1 aliphatic rings. The highest BCUT2D eigenvalue weighted by Gasteiger charge is 2.23. The first-order valence-electron chi connectivity index (χ1n) is 10.0. The van der Waals surface area contributed by atoms with E-state index in [1.165, 1.54) is 6.07 Å². The second-order valence-corrected chi connectivity index (χ2v) is 7.24. The number of fused-ring (bicyclic) bond motifs is 1. The zero-order valence-electron chi connectivity index (χ0n) is 16.6. The third-order valence-corrected chi connectivity index (χ3v) is 5.29. The van der Waals surface area contributed by atoms with E-state index in [4.69, 9.17) is 5.10 Å². The van der Waals surface area contributed by atoms with Gasteiger partial charge in [-0.25, -0.2) is 9.18 Å². The number of nitrogens with one attached hydrogen (secondary N) is 1. The van der Waals surface area contributed by atoms with Gasteiger partial charge in [0.25, 0.3) is 0 Å². The van der Waals surface area contributed by atoms with E-state index in [2.05, 4.69) is 20.4 Å². The van der Waals surface area contributed by atoms with E-state index in [1.807, 2.05) is 42.5 Å². The summed E-state index contributed by atoms with van der Waals surface area (Å²) in [7, 11) is 0. The second kappa shape index (κ2) is 8.02. The number of carbonyl (C=O) groups is 1. The molecule has 0 unspecified atom stereocenters. The van der Waals surface area contributed by atoms with Crippen molar-refractivity contribution in [3.05, 3.63) is 72.5 Å². The summed E-state index contributed by atoms with van der Waals surface area (Å²) >= 11 is 0. The fourth-order valence-corrected chi connectivity index (χ4v) is 3.61. The number of urea groups is 1. The lowest BCUT2D eigenvalue weighted by Gasteiger charge is -2.35. The van der Waals surface area contributed by atoms with Crippen LogP contribution < -0.4 is 10.2 Å². The lowest BCUT2D eigenvalue weighted by molar-refractivity contribution is 0.208. The summed E-state index contributed by atoms with van der Waals surface area (Å²) in [5.41, 5.74) is 1.79. The first kappa shape index (κ1) is 19.0. The van der Waals surface area contributed by atoms with E-state index >= 15 is 0 Å². The molecule has 1 N–H and O–H groups in total. The molecular weight excluding hydrogens is 397 g/mol. The van der Waals surface area contributed by atoms with Crippen molar-refractivity contribution in [3.8, 4) is 11.4 Å². The van der Waals surface area contributed by atoms with Crippen LogP contribution in [0.1, 0.15) is 0 Å². The maximum atomic E-state index is 13.8. The fourth-order valence-electron chi connectivity index (χ4n) is 3.61. The fraction of sp³-hybridized carbons (Fsp3) is 0.182. The zero-order valence-corrected chi connectivity index (χ0v) is 16.6. The molecule has 0 bridgehead atoms. The number of benzene rings is 2. The molecule has 1 fully saturated rings. The number of rotatable bonds is 3. The molecule has 1 aliphatic heterocycles. The van der Waals surface area contributed by atoms with Crippen LogP contribution >= 0.6 is 0 Å². The number of anilines is 2. The monoisotopic (exact) mass is 417 g/mol. The molecule has 8 nitrogen and oxygen atoms in total. The average molecular weight is 417 g/mol. The molecule has 0 aliphatic carbocycles. The van der Waals surface area contributed by atoms with Crippen molar-refractivity contribution >= 4 is 23.2 Å². The van der Waals surface area contributed by atoms with Crippen molar-refractivity contribution in [3.63, 3.8) is 0 Å². The second-order valence-electron chi connectivity index (χ2n) is 7.24. The van der Waals surface area contributed by atoms with Gasteiger partial charge in [-0.3, -0.25) is 0 Å². The number of hydrogen-bond donors (Lipinski definition) is 1. The Hall–Kier alpha value is -4.01. The number of nitrogens with zero attached hydrogens (tertiary/aromatic N) is 6. The molecule has 5 rings (SSSR count). The summed E-state index contributed by atoms with van der Waals surface area (Å²) < 4.78 is 15.5. The first-order valence-corrected chi connectivity index (χ1v) is 10.0. The van der Waals surface area contributed by atoms with Crippen LogP contribution in [0.5, 0.6) is 0 Å². The van der Waals surface area contributed by atoms with Crippen LogP contribution in [0, 0.1) is 5.82 Å². The summed E-state index contributed by atoms with van der Waals surface area (Å²) in [5.74, 6) is 1.02. The third kappa shape index (κ3) is 3.77. The predicted octanol–water partition coefficient (Wildman–Crippen LogP) is 3.28. The van der Waals surface area contributed by atoms with Gasteiger partial charge in [-0.15, -0.1) is 15.3 Å². The molecule has 2 aromatic heterocycles. The molecule has 0 atom stereocenters. The minimum atomic E-state index is -0.449. The molecule has 2 aromatic carbocycles. The molecular formula is C22H20FN7O. The number of amides is 2. The average Bonchev–Trinajstić information content (AvgIpc) is 3.24. The number of carbonyl (C=O) groups excluding carboxylic acids is 1. The number of para-hydroxylation sites is 1. The molecule has 3 heterocycles. The van der Waals surface area contributed by atoms with Crippen LogP contribution in [0.15, 0.2) is 66.7 Å². The van der Waals surface area contributed by atoms with Crippen LogP contribution in [0.25, 0.3) is 17.0 Å². The number of aromatic nitrogens is 4.